The molecule has 0 radical (unpaired) electrons. The summed E-state index contributed by atoms with van der Waals surface area (Å²) in [5.74, 6) is 0.340. The zero-order valence-corrected chi connectivity index (χ0v) is 13.7. The molecule has 1 N–H and O–H groups in total. The molecular weight excluding hydrogens is 268 g/mol. The van der Waals surface area contributed by atoms with Crippen LogP contribution in [0.1, 0.15) is 40.0 Å². The van der Waals surface area contributed by atoms with E-state index in [2.05, 4.69) is 24.1 Å². The Balaban J connectivity index is 2.15. The molecule has 2 rings (SSSR count). The molecule has 5 heteroatoms. The lowest BCUT2D eigenvalue weighted by atomic mass is 9.91. The summed E-state index contributed by atoms with van der Waals surface area (Å²) in [6.07, 6.45) is 3.29. The van der Waals surface area contributed by atoms with Gasteiger partial charge in [0.25, 0.3) is 0 Å². The van der Waals surface area contributed by atoms with Crippen LogP contribution in [0.2, 0.25) is 0 Å². The van der Waals surface area contributed by atoms with Crippen molar-refractivity contribution in [2.24, 2.45) is 5.92 Å². The van der Waals surface area contributed by atoms with Gasteiger partial charge in [-0.1, -0.05) is 13.8 Å². The average molecular weight is 298 g/mol. The van der Waals surface area contributed by atoms with Crippen molar-refractivity contribution >= 4 is 5.97 Å². The number of esters is 1. The molecule has 0 aromatic heterocycles. The highest BCUT2D eigenvalue weighted by atomic mass is 16.5. The van der Waals surface area contributed by atoms with Gasteiger partial charge < -0.3 is 14.8 Å². The van der Waals surface area contributed by atoms with Crippen molar-refractivity contribution in [1.82, 2.24) is 10.2 Å². The maximum Gasteiger partial charge on any atom is 0.327 e. The molecule has 1 aliphatic carbocycles. The highest BCUT2D eigenvalue weighted by molar-refractivity contribution is 5.82. The lowest BCUT2D eigenvalue weighted by molar-refractivity contribution is -0.154. The first-order valence-corrected chi connectivity index (χ1v) is 8.42. The Morgan fingerprint density at radius 3 is 2.71 bits per heavy atom. The van der Waals surface area contributed by atoms with Crippen LogP contribution < -0.4 is 5.32 Å². The minimum atomic E-state index is -0.532. The second kappa shape index (κ2) is 7.56. The van der Waals surface area contributed by atoms with Crippen molar-refractivity contribution in [2.45, 2.75) is 51.6 Å². The van der Waals surface area contributed by atoms with Crippen LogP contribution in [0.4, 0.5) is 0 Å². The number of carbonyl (C=O) groups excluding carboxylic acids is 1. The second-order valence-corrected chi connectivity index (χ2v) is 6.10. The number of nitrogens with zero attached hydrogens (tertiary/aromatic N) is 1. The summed E-state index contributed by atoms with van der Waals surface area (Å²) in [7, 11) is 0. The van der Waals surface area contributed by atoms with Crippen LogP contribution in [-0.2, 0) is 14.3 Å². The van der Waals surface area contributed by atoms with Gasteiger partial charge in [0.1, 0.15) is 5.54 Å². The molecule has 1 heterocycles. The number of nitrogens with one attached hydrogen (secondary N) is 1. The van der Waals surface area contributed by atoms with Gasteiger partial charge in [0.2, 0.25) is 0 Å². The highest BCUT2D eigenvalue weighted by Gasteiger charge is 2.53. The third-order valence-electron chi connectivity index (χ3n) is 4.68. The van der Waals surface area contributed by atoms with E-state index in [0.29, 0.717) is 18.6 Å². The molecule has 0 aromatic carbocycles. The number of hydrogen-bond acceptors (Lipinski definition) is 5. The van der Waals surface area contributed by atoms with Crippen LogP contribution in [-0.4, -0.2) is 61.9 Å². The molecule has 2 atom stereocenters. The van der Waals surface area contributed by atoms with Gasteiger partial charge in [-0.3, -0.25) is 4.90 Å². The van der Waals surface area contributed by atoms with Gasteiger partial charge in [0.05, 0.1) is 19.8 Å². The number of ether oxygens (including phenoxy) is 2. The third-order valence-corrected chi connectivity index (χ3v) is 4.68. The molecule has 0 spiro atoms. The van der Waals surface area contributed by atoms with Gasteiger partial charge >= 0.3 is 5.97 Å². The Hall–Kier alpha value is -0.650. The van der Waals surface area contributed by atoms with Gasteiger partial charge in [0.15, 0.2) is 0 Å². The first-order valence-electron chi connectivity index (χ1n) is 8.42. The van der Waals surface area contributed by atoms with Crippen LogP contribution in [0.5, 0.6) is 0 Å². The second-order valence-electron chi connectivity index (χ2n) is 6.10. The summed E-state index contributed by atoms with van der Waals surface area (Å²) in [6, 6.07) is 0.407. The molecule has 1 aliphatic heterocycles. The minimum Gasteiger partial charge on any atom is -0.465 e. The van der Waals surface area contributed by atoms with Crippen molar-refractivity contribution in [2.75, 3.05) is 39.5 Å². The first kappa shape index (κ1) is 16.7. The van der Waals surface area contributed by atoms with E-state index >= 15 is 0 Å². The number of morpholine rings is 1. The van der Waals surface area contributed by atoms with E-state index in [1.54, 1.807) is 0 Å². The summed E-state index contributed by atoms with van der Waals surface area (Å²) in [4.78, 5) is 15.1. The van der Waals surface area contributed by atoms with E-state index in [-0.39, 0.29) is 5.97 Å². The van der Waals surface area contributed by atoms with Crippen LogP contribution in [0.3, 0.4) is 0 Å². The number of carbonyl (C=O) groups is 1. The highest BCUT2D eigenvalue weighted by Crippen LogP contribution is 2.41. The average Bonchev–Trinajstić information content (AvgIpc) is 3.32. The van der Waals surface area contributed by atoms with E-state index < -0.39 is 5.54 Å². The molecule has 1 saturated carbocycles. The van der Waals surface area contributed by atoms with Gasteiger partial charge in [-0.15, -0.1) is 0 Å². The molecule has 2 aliphatic rings. The number of likely N-dealkylation sites (N-methyl/N-ethyl adjacent to an activating group) is 1. The Kier molecular flexibility index (Phi) is 6.02. The fraction of sp³-hybridized carbons (Fsp3) is 0.938. The fourth-order valence-electron chi connectivity index (χ4n) is 3.38. The van der Waals surface area contributed by atoms with E-state index in [1.807, 2.05) is 6.92 Å². The number of hydrogen-bond donors (Lipinski definition) is 1. The molecule has 122 valence electrons. The Morgan fingerprint density at radius 1 is 1.38 bits per heavy atom. The summed E-state index contributed by atoms with van der Waals surface area (Å²) in [5, 5.41) is 3.48. The smallest absolute Gasteiger partial charge is 0.327 e. The monoisotopic (exact) mass is 298 g/mol. The van der Waals surface area contributed by atoms with Crippen molar-refractivity contribution in [3.05, 3.63) is 0 Å². The zero-order chi connectivity index (χ0) is 15.3. The van der Waals surface area contributed by atoms with Crippen LogP contribution >= 0.6 is 0 Å². The Bertz CT molecular complexity index is 346. The molecule has 2 unspecified atom stereocenters. The maximum absolute atomic E-state index is 12.7. The minimum absolute atomic E-state index is 0.0734. The predicted molar refractivity (Wildman–Crippen MR) is 82.2 cm³/mol. The first-order chi connectivity index (χ1) is 10.2. The van der Waals surface area contributed by atoms with E-state index in [1.165, 1.54) is 0 Å². The van der Waals surface area contributed by atoms with Crippen LogP contribution in [0, 0.1) is 5.92 Å². The Morgan fingerprint density at radius 2 is 2.14 bits per heavy atom. The van der Waals surface area contributed by atoms with Gasteiger partial charge in [0, 0.05) is 19.1 Å². The lowest BCUT2D eigenvalue weighted by Gasteiger charge is -2.42. The largest absolute Gasteiger partial charge is 0.465 e. The molecule has 2 fully saturated rings. The molecule has 0 bridgehead atoms. The molecule has 5 nitrogen and oxygen atoms in total. The van der Waals surface area contributed by atoms with Gasteiger partial charge in [-0.05, 0) is 38.6 Å². The molecule has 0 amide bonds. The summed E-state index contributed by atoms with van der Waals surface area (Å²) >= 11 is 0. The molecule has 1 saturated heterocycles. The fourth-order valence-corrected chi connectivity index (χ4v) is 3.38. The molecular formula is C16H30N2O3. The normalized spacial score (nSPS) is 26.3. The standard InChI is InChI=1S/C16H30N2O3/c1-4-14-11-20-10-9-18(14)12-16(17-5-2,13-7-8-13)15(19)21-6-3/h13-14,17H,4-12H2,1-3H3. The third kappa shape index (κ3) is 3.76. The molecule has 0 aromatic rings. The summed E-state index contributed by atoms with van der Waals surface area (Å²) in [5.41, 5.74) is -0.532. The maximum atomic E-state index is 12.7. The van der Waals surface area contributed by atoms with Gasteiger partial charge in [-0.2, -0.15) is 0 Å². The number of rotatable bonds is 8. The summed E-state index contributed by atoms with van der Waals surface area (Å²) < 4.78 is 11.0. The Labute approximate surface area is 128 Å². The molecule has 21 heavy (non-hydrogen) atoms. The summed E-state index contributed by atoms with van der Waals surface area (Å²) in [6.45, 7) is 10.5. The van der Waals surface area contributed by atoms with Crippen molar-refractivity contribution in [1.29, 1.82) is 0 Å². The van der Waals surface area contributed by atoms with Crippen molar-refractivity contribution < 1.29 is 14.3 Å². The van der Waals surface area contributed by atoms with Gasteiger partial charge in [-0.25, -0.2) is 4.79 Å². The predicted octanol–water partition coefficient (Wildman–Crippen LogP) is 1.42. The van der Waals surface area contributed by atoms with Crippen LogP contribution in [0.25, 0.3) is 0 Å². The van der Waals surface area contributed by atoms with Crippen molar-refractivity contribution in [3.8, 4) is 0 Å². The van der Waals surface area contributed by atoms with E-state index in [4.69, 9.17) is 9.47 Å². The van der Waals surface area contributed by atoms with E-state index in [9.17, 15) is 4.79 Å². The lowest BCUT2D eigenvalue weighted by Crippen LogP contribution is -2.64. The topological polar surface area (TPSA) is 50.8 Å². The van der Waals surface area contributed by atoms with Crippen LogP contribution in [0.15, 0.2) is 0 Å². The zero-order valence-electron chi connectivity index (χ0n) is 13.7. The SMILES string of the molecule is CCNC(CN1CCOCC1CC)(C(=O)OCC)C1CC1. The van der Waals surface area contributed by atoms with Crippen molar-refractivity contribution in [3.63, 3.8) is 0 Å². The van der Waals surface area contributed by atoms with E-state index in [0.717, 1.165) is 52.1 Å². The quantitative estimate of drug-likeness (QED) is 0.687.